The van der Waals surface area contributed by atoms with E-state index in [0.29, 0.717) is 11.3 Å². The number of aromatic nitrogens is 2. The molecule has 1 heterocycles. The number of aromatic amines is 1. The summed E-state index contributed by atoms with van der Waals surface area (Å²) in [5, 5.41) is 15.9. The molecule has 0 unspecified atom stereocenters. The van der Waals surface area contributed by atoms with E-state index < -0.39 is 18.0 Å². The van der Waals surface area contributed by atoms with Gasteiger partial charge in [-0.15, -0.1) is 0 Å². The summed E-state index contributed by atoms with van der Waals surface area (Å²) < 4.78 is 5.19. The number of benzene rings is 2. The molecule has 0 aliphatic heterocycles. The minimum absolute atomic E-state index is 0.0841. The Bertz CT molecular complexity index is 990. The van der Waals surface area contributed by atoms with Crippen LogP contribution in [0.3, 0.4) is 0 Å². The first kappa shape index (κ1) is 20.6. The quantitative estimate of drug-likeness (QED) is 0.336. The molecule has 0 saturated heterocycles. The Balaban J connectivity index is 1.59. The first-order chi connectivity index (χ1) is 14.6. The molecule has 154 valence electrons. The maximum atomic E-state index is 12.6. The molecule has 0 fully saturated rings. The van der Waals surface area contributed by atoms with Crippen molar-refractivity contribution in [3.8, 4) is 5.75 Å². The number of amides is 2. The highest BCUT2D eigenvalue weighted by molar-refractivity contribution is 5.87. The third kappa shape index (κ3) is 6.48. The standard InChI is InChI=1S/C21H21N5O4/c27-18-8-4-7-16(9-18)11-24-26-20(28)19(10-17-12-22-14-23-17)25-21(29)30-13-15-5-2-1-3-6-15/h1-9,11-12,14,19,27H,10,13H2,(H,22,23)(H,25,29)(H,26,28)/b24-11-/t19-/m1/s1. The maximum Gasteiger partial charge on any atom is 0.408 e. The smallest absolute Gasteiger partial charge is 0.408 e. The lowest BCUT2D eigenvalue weighted by atomic mass is 10.1. The topological polar surface area (TPSA) is 129 Å². The molecular formula is C21H21N5O4. The second-order valence-electron chi connectivity index (χ2n) is 6.37. The Morgan fingerprint density at radius 2 is 2.03 bits per heavy atom. The molecule has 0 bridgehead atoms. The van der Waals surface area contributed by atoms with Crippen LogP contribution in [0.1, 0.15) is 16.8 Å². The van der Waals surface area contributed by atoms with E-state index in [1.807, 2.05) is 30.3 Å². The lowest BCUT2D eigenvalue weighted by molar-refractivity contribution is -0.123. The Hall–Kier alpha value is -4.14. The number of phenols is 1. The largest absolute Gasteiger partial charge is 0.508 e. The number of hydrazone groups is 1. The summed E-state index contributed by atoms with van der Waals surface area (Å²) in [7, 11) is 0. The van der Waals surface area contributed by atoms with E-state index in [9.17, 15) is 14.7 Å². The van der Waals surface area contributed by atoms with Crippen LogP contribution in [0.25, 0.3) is 0 Å². The van der Waals surface area contributed by atoms with Gasteiger partial charge >= 0.3 is 6.09 Å². The monoisotopic (exact) mass is 407 g/mol. The molecule has 0 aliphatic carbocycles. The van der Waals surface area contributed by atoms with Gasteiger partial charge in [0.1, 0.15) is 18.4 Å². The predicted molar refractivity (Wildman–Crippen MR) is 110 cm³/mol. The van der Waals surface area contributed by atoms with Gasteiger partial charge < -0.3 is 20.1 Å². The summed E-state index contributed by atoms with van der Waals surface area (Å²) in [6.07, 6.45) is 3.88. The van der Waals surface area contributed by atoms with Crippen LogP contribution in [0, 0.1) is 0 Å². The molecule has 0 spiro atoms. The molecule has 0 aliphatic rings. The summed E-state index contributed by atoms with van der Waals surface area (Å²) in [6, 6.07) is 14.7. The van der Waals surface area contributed by atoms with Gasteiger partial charge in [-0.25, -0.2) is 15.2 Å². The van der Waals surface area contributed by atoms with E-state index in [4.69, 9.17) is 4.74 Å². The fourth-order valence-electron chi connectivity index (χ4n) is 2.59. The van der Waals surface area contributed by atoms with Crippen molar-refractivity contribution in [2.24, 2.45) is 5.10 Å². The van der Waals surface area contributed by atoms with Crippen LogP contribution in [0.5, 0.6) is 5.75 Å². The van der Waals surface area contributed by atoms with Gasteiger partial charge in [0.25, 0.3) is 5.91 Å². The van der Waals surface area contributed by atoms with Gasteiger partial charge in [0.05, 0.1) is 12.5 Å². The minimum Gasteiger partial charge on any atom is -0.508 e. The molecule has 1 aromatic heterocycles. The molecule has 3 aromatic rings. The van der Waals surface area contributed by atoms with E-state index in [1.165, 1.54) is 24.7 Å². The fraction of sp³-hybridized carbons (Fsp3) is 0.143. The number of phenolic OH excluding ortho intramolecular Hbond substituents is 1. The lowest BCUT2D eigenvalue weighted by Gasteiger charge is -2.16. The van der Waals surface area contributed by atoms with E-state index in [-0.39, 0.29) is 18.8 Å². The number of hydrogen-bond donors (Lipinski definition) is 4. The van der Waals surface area contributed by atoms with E-state index in [1.54, 1.807) is 18.3 Å². The number of ether oxygens (including phenoxy) is 1. The number of alkyl carbamates (subject to hydrolysis) is 1. The van der Waals surface area contributed by atoms with Crippen molar-refractivity contribution in [3.63, 3.8) is 0 Å². The summed E-state index contributed by atoms with van der Waals surface area (Å²) in [4.78, 5) is 31.6. The first-order valence-electron chi connectivity index (χ1n) is 9.16. The van der Waals surface area contributed by atoms with Crippen LogP contribution in [-0.2, 0) is 22.6 Å². The van der Waals surface area contributed by atoms with Crippen molar-refractivity contribution in [1.29, 1.82) is 0 Å². The highest BCUT2D eigenvalue weighted by Gasteiger charge is 2.22. The van der Waals surface area contributed by atoms with Crippen LogP contribution in [-0.4, -0.2) is 39.3 Å². The highest BCUT2D eigenvalue weighted by Crippen LogP contribution is 2.08. The van der Waals surface area contributed by atoms with Gasteiger partial charge in [-0.2, -0.15) is 5.10 Å². The Kier molecular flexibility index (Phi) is 7.15. The summed E-state index contributed by atoms with van der Waals surface area (Å²) in [6.45, 7) is 0.0841. The summed E-state index contributed by atoms with van der Waals surface area (Å²) in [5.41, 5.74) is 4.49. The second-order valence-corrected chi connectivity index (χ2v) is 6.37. The van der Waals surface area contributed by atoms with Gasteiger partial charge in [-0.05, 0) is 23.3 Å². The molecule has 2 aromatic carbocycles. The average Bonchev–Trinajstić information content (AvgIpc) is 3.26. The number of carbonyl (C=O) groups excluding carboxylic acids is 2. The number of nitrogens with zero attached hydrogens (tertiary/aromatic N) is 2. The van der Waals surface area contributed by atoms with Gasteiger partial charge in [0.15, 0.2) is 0 Å². The maximum absolute atomic E-state index is 12.6. The molecule has 2 amide bonds. The molecule has 4 N–H and O–H groups in total. The van der Waals surface area contributed by atoms with Gasteiger partial charge in [-0.1, -0.05) is 42.5 Å². The van der Waals surface area contributed by atoms with Crippen molar-refractivity contribution in [2.75, 3.05) is 0 Å². The number of H-pyrrole nitrogens is 1. The van der Waals surface area contributed by atoms with Crippen molar-refractivity contribution in [1.82, 2.24) is 20.7 Å². The molecule has 9 heteroatoms. The lowest BCUT2D eigenvalue weighted by Crippen LogP contribution is -2.47. The van der Waals surface area contributed by atoms with Crippen LogP contribution >= 0.6 is 0 Å². The molecule has 9 nitrogen and oxygen atoms in total. The second kappa shape index (κ2) is 10.4. The Labute approximate surface area is 172 Å². The minimum atomic E-state index is -0.935. The molecule has 0 radical (unpaired) electrons. The van der Waals surface area contributed by atoms with Gasteiger partial charge in [0, 0.05) is 18.3 Å². The van der Waals surface area contributed by atoms with Crippen LogP contribution < -0.4 is 10.7 Å². The van der Waals surface area contributed by atoms with Crippen molar-refractivity contribution in [3.05, 3.63) is 83.9 Å². The van der Waals surface area contributed by atoms with E-state index in [2.05, 4.69) is 25.8 Å². The Morgan fingerprint density at radius 3 is 2.77 bits per heavy atom. The first-order valence-corrected chi connectivity index (χ1v) is 9.16. The van der Waals surface area contributed by atoms with Crippen LogP contribution in [0.4, 0.5) is 4.79 Å². The number of imidazole rings is 1. The normalized spacial score (nSPS) is 11.7. The van der Waals surface area contributed by atoms with Crippen molar-refractivity contribution in [2.45, 2.75) is 19.1 Å². The van der Waals surface area contributed by atoms with Crippen molar-refractivity contribution >= 4 is 18.2 Å². The van der Waals surface area contributed by atoms with Gasteiger partial charge in [-0.3, -0.25) is 4.79 Å². The number of carbonyl (C=O) groups is 2. The zero-order valence-electron chi connectivity index (χ0n) is 16.0. The predicted octanol–water partition coefficient (Wildman–Crippen LogP) is 2.10. The van der Waals surface area contributed by atoms with Crippen LogP contribution in [0.2, 0.25) is 0 Å². The molecule has 3 rings (SSSR count). The number of aromatic hydroxyl groups is 1. The SMILES string of the molecule is O=C(N[C@H](Cc1cnc[nH]1)C(=O)N/N=C\c1cccc(O)c1)OCc1ccccc1. The average molecular weight is 407 g/mol. The zero-order chi connectivity index (χ0) is 21.2. The number of rotatable bonds is 8. The molecule has 30 heavy (non-hydrogen) atoms. The van der Waals surface area contributed by atoms with E-state index in [0.717, 1.165) is 5.56 Å². The Morgan fingerprint density at radius 1 is 1.20 bits per heavy atom. The van der Waals surface area contributed by atoms with Crippen LogP contribution in [0.15, 0.2) is 72.2 Å². The third-order valence-corrected chi connectivity index (χ3v) is 4.06. The van der Waals surface area contributed by atoms with Gasteiger partial charge in [0.2, 0.25) is 0 Å². The third-order valence-electron chi connectivity index (χ3n) is 4.06. The fourth-order valence-corrected chi connectivity index (χ4v) is 2.59. The van der Waals surface area contributed by atoms with E-state index >= 15 is 0 Å². The number of hydrogen-bond acceptors (Lipinski definition) is 6. The summed E-state index contributed by atoms with van der Waals surface area (Å²) >= 11 is 0. The molecule has 1 atom stereocenters. The zero-order valence-corrected chi connectivity index (χ0v) is 16.0. The summed E-state index contributed by atoms with van der Waals surface area (Å²) in [5.74, 6) is -0.442. The molecular weight excluding hydrogens is 386 g/mol. The number of nitrogens with one attached hydrogen (secondary N) is 3. The molecule has 0 saturated carbocycles. The van der Waals surface area contributed by atoms with Crippen molar-refractivity contribution < 1.29 is 19.4 Å². The highest BCUT2D eigenvalue weighted by atomic mass is 16.5.